The summed E-state index contributed by atoms with van der Waals surface area (Å²) in [5.74, 6) is 1.18. The van der Waals surface area contributed by atoms with Crippen molar-refractivity contribution in [3.05, 3.63) is 47.3 Å². The van der Waals surface area contributed by atoms with Gasteiger partial charge in [0.2, 0.25) is 0 Å². The molecule has 0 radical (unpaired) electrons. The molecule has 2 unspecified atom stereocenters. The quantitative estimate of drug-likeness (QED) is 0.280. The first-order valence-corrected chi connectivity index (χ1v) is 10.7. The fourth-order valence-corrected chi connectivity index (χ4v) is 4.39. The fraction of sp³-hybridized carbons (Fsp3) is 0.667. The molecule has 0 spiro atoms. The summed E-state index contributed by atoms with van der Waals surface area (Å²) in [4.78, 5) is 0. The van der Waals surface area contributed by atoms with E-state index in [1.165, 1.54) is 82.6 Å². The highest BCUT2D eigenvalue weighted by molar-refractivity contribution is 5.24. The monoisotopic (exact) mass is 344 g/mol. The molecule has 1 heteroatoms. The maximum Gasteiger partial charge on any atom is 0.123 e. The maximum atomic E-state index is 13.4. The van der Waals surface area contributed by atoms with Crippen LogP contribution in [0.15, 0.2) is 35.9 Å². The van der Waals surface area contributed by atoms with Crippen molar-refractivity contribution in [1.29, 1.82) is 0 Å². The molecule has 0 fully saturated rings. The van der Waals surface area contributed by atoms with Gasteiger partial charge in [-0.15, -0.1) is 0 Å². The lowest BCUT2D eigenvalue weighted by Crippen LogP contribution is -2.15. The van der Waals surface area contributed by atoms with E-state index in [2.05, 4.69) is 19.9 Å². The number of hydrogen-bond acceptors (Lipinski definition) is 0. The molecule has 0 bridgehead atoms. The van der Waals surface area contributed by atoms with Crippen LogP contribution in [0, 0.1) is 11.7 Å². The van der Waals surface area contributed by atoms with E-state index in [1.807, 2.05) is 12.1 Å². The van der Waals surface area contributed by atoms with Crippen molar-refractivity contribution < 1.29 is 4.39 Å². The minimum Gasteiger partial charge on any atom is -0.207 e. The maximum absolute atomic E-state index is 13.4. The second-order valence-electron chi connectivity index (χ2n) is 7.87. The molecule has 0 heterocycles. The van der Waals surface area contributed by atoms with E-state index < -0.39 is 0 Å². The molecule has 0 aromatic heterocycles. The minimum atomic E-state index is -0.116. The Morgan fingerprint density at radius 3 is 2.36 bits per heavy atom. The van der Waals surface area contributed by atoms with Gasteiger partial charge < -0.3 is 0 Å². The van der Waals surface area contributed by atoms with Crippen LogP contribution in [0.2, 0.25) is 0 Å². The Balaban J connectivity index is 2.13. The molecule has 0 saturated carbocycles. The Hall–Kier alpha value is -1.11. The first-order chi connectivity index (χ1) is 12.2. The van der Waals surface area contributed by atoms with Crippen LogP contribution in [0.25, 0.3) is 0 Å². The summed E-state index contributed by atoms with van der Waals surface area (Å²) < 4.78 is 13.4. The Morgan fingerprint density at radius 2 is 1.72 bits per heavy atom. The molecule has 25 heavy (non-hydrogen) atoms. The molecule has 1 aromatic carbocycles. The Labute approximate surface area is 154 Å². The van der Waals surface area contributed by atoms with Crippen LogP contribution in [0.4, 0.5) is 4.39 Å². The number of rotatable bonds is 11. The Bertz CT molecular complexity index is 499. The van der Waals surface area contributed by atoms with Crippen LogP contribution in [-0.2, 0) is 0 Å². The normalized spacial score (nSPS) is 17.2. The van der Waals surface area contributed by atoms with Crippen molar-refractivity contribution in [1.82, 2.24) is 0 Å². The predicted octanol–water partition coefficient (Wildman–Crippen LogP) is 8.19. The Morgan fingerprint density at radius 1 is 0.920 bits per heavy atom. The van der Waals surface area contributed by atoms with Crippen LogP contribution >= 0.6 is 0 Å². The summed E-state index contributed by atoms with van der Waals surface area (Å²) in [6, 6.07) is 7.38. The third kappa shape index (κ3) is 6.96. The molecule has 1 aliphatic rings. The molecule has 0 saturated heterocycles. The van der Waals surface area contributed by atoms with E-state index in [0.29, 0.717) is 5.92 Å². The molecule has 0 nitrogen and oxygen atoms in total. The van der Waals surface area contributed by atoms with Gasteiger partial charge >= 0.3 is 0 Å². The van der Waals surface area contributed by atoms with E-state index in [0.717, 1.165) is 5.92 Å². The van der Waals surface area contributed by atoms with Crippen molar-refractivity contribution in [2.45, 2.75) is 96.8 Å². The van der Waals surface area contributed by atoms with E-state index in [4.69, 9.17) is 0 Å². The van der Waals surface area contributed by atoms with Gasteiger partial charge in [-0.2, -0.15) is 0 Å². The van der Waals surface area contributed by atoms with Gasteiger partial charge in [-0.05, 0) is 68.1 Å². The smallest absolute Gasteiger partial charge is 0.123 e. The van der Waals surface area contributed by atoms with Crippen LogP contribution in [-0.4, -0.2) is 0 Å². The number of benzene rings is 1. The number of allylic oxidation sites excluding steroid dienone is 2. The number of unbranched alkanes of at least 4 members (excludes halogenated alkanes) is 3. The first kappa shape index (κ1) is 20.2. The number of halogens is 1. The van der Waals surface area contributed by atoms with E-state index in [9.17, 15) is 4.39 Å². The van der Waals surface area contributed by atoms with Gasteiger partial charge in [-0.3, -0.25) is 0 Å². The molecule has 140 valence electrons. The molecule has 0 N–H and O–H groups in total. The van der Waals surface area contributed by atoms with Gasteiger partial charge in [-0.1, -0.05) is 76.2 Å². The number of hydrogen-bond donors (Lipinski definition) is 0. The first-order valence-electron chi connectivity index (χ1n) is 10.7. The average Bonchev–Trinajstić information content (AvgIpc) is 2.64. The summed E-state index contributed by atoms with van der Waals surface area (Å²) in [5, 5.41) is 0. The zero-order valence-electron chi connectivity index (χ0n) is 16.4. The van der Waals surface area contributed by atoms with Crippen molar-refractivity contribution in [2.24, 2.45) is 5.92 Å². The van der Waals surface area contributed by atoms with E-state index in [1.54, 1.807) is 17.7 Å². The van der Waals surface area contributed by atoms with Gasteiger partial charge in [0, 0.05) is 0 Å². The third-order valence-electron chi connectivity index (χ3n) is 5.82. The zero-order chi connectivity index (χ0) is 17.9. The topological polar surface area (TPSA) is 0 Å². The highest BCUT2D eigenvalue weighted by Crippen LogP contribution is 2.39. The second kappa shape index (κ2) is 11.5. The third-order valence-corrected chi connectivity index (χ3v) is 5.82. The Kier molecular flexibility index (Phi) is 9.29. The van der Waals surface area contributed by atoms with Gasteiger partial charge in [-0.25, -0.2) is 4.39 Å². The van der Waals surface area contributed by atoms with Gasteiger partial charge in [0.15, 0.2) is 0 Å². The predicted molar refractivity (Wildman–Crippen MR) is 107 cm³/mol. The summed E-state index contributed by atoms with van der Waals surface area (Å²) >= 11 is 0. The lowest BCUT2D eigenvalue weighted by Gasteiger charge is -2.30. The molecule has 1 aliphatic carbocycles. The van der Waals surface area contributed by atoms with Crippen LogP contribution < -0.4 is 0 Å². The molecular weight excluding hydrogens is 307 g/mol. The summed E-state index contributed by atoms with van der Waals surface area (Å²) in [5.41, 5.74) is 3.00. The minimum absolute atomic E-state index is 0.116. The van der Waals surface area contributed by atoms with Crippen molar-refractivity contribution >= 4 is 0 Å². The lowest BCUT2D eigenvalue weighted by atomic mass is 9.75. The van der Waals surface area contributed by atoms with Gasteiger partial charge in [0.1, 0.15) is 5.82 Å². The molecule has 1 aromatic rings. The summed E-state index contributed by atoms with van der Waals surface area (Å²) in [6.07, 6.45) is 18.1. The van der Waals surface area contributed by atoms with Crippen LogP contribution in [0.3, 0.4) is 0 Å². The highest BCUT2D eigenvalue weighted by Gasteiger charge is 2.24. The second-order valence-corrected chi connectivity index (χ2v) is 7.87. The van der Waals surface area contributed by atoms with E-state index >= 15 is 0 Å². The van der Waals surface area contributed by atoms with Crippen molar-refractivity contribution in [3.63, 3.8) is 0 Å². The largest absolute Gasteiger partial charge is 0.207 e. The fourth-order valence-electron chi connectivity index (χ4n) is 4.39. The van der Waals surface area contributed by atoms with Crippen molar-refractivity contribution in [2.75, 3.05) is 0 Å². The standard InChI is InChI=1S/C24H37F/c1-3-5-6-10-14-21(11-4-2)24(19-20-12-8-7-9-13-20)22-15-17-23(25)18-16-22/h12,15-18,21,24H,3-11,13-14,19H2,1-2H3. The molecule has 2 atom stereocenters. The summed E-state index contributed by atoms with van der Waals surface area (Å²) in [6.45, 7) is 4.58. The molecular formula is C24H37F. The van der Waals surface area contributed by atoms with Gasteiger partial charge in [0.25, 0.3) is 0 Å². The molecule has 0 amide bonds. The SMILES string of the molecule is CCCCCCC(CCC)C(CC1=CCCCC1)c1ccc(F)cc1. The van der Waals surface area contributed by atoms with Crippen LogP contribution in [0.1, 0.15) is 102 Å². The van der Waals surface area contributed by atoms with E-state index in [-0.39, 0.29) is 5.82 Å². The molecule has 0 aliphatic heterocycles. The summed E-state index contributed by atoms with van der Waals surface area (Å²) in [7, 11) is 0. The van der Waals surface area contributed by atoms with Crippen molar-refractivity contribution in [3.8, 4) is 0 Å². The molecule has 2 rings (SSSR count). The lowest BCUT2D eigenvalue weighted by molar-refractivity contribution is 0.345. The average molecular weight is 345 g/mol. The van der Waals surface area contributed by atoms with Crippen LogP contribution in [0.5, 0.6) is 0 Å². The zero-order valence-corrected chi connectivity index (χ0v) is 16.4. The van der Waals surface area contributed by atoms with Gasteiger partial charge in [0.05, 0.1) is 0 Å². The highest BCUT2D eigenvalue weighted by atomic mass is 19.1.